The Labute approximate surface area is 110 Å². The molecule has 0 saturated carbocycles. The summed E-state index contributed by atoms with van der Waals surface area (Å²) >= 11 is 3.30. The van der Waals surface area contributed by atoms with Crippen LogP contribution in [0, 0.1) is 0 Å². The first-order valence-corrected chi connectivity index (χ1v) is 6.79. The van der Waals surface area contributed by atoms with Crippen molar-refractivity contribution >= 4 is 15.9 Å². The molecule has 1 aromatic carbocycles. The minimum absolute atomic E-state index is 0.195. The Hall–Kier alpha value is -0.740. The van der Waals surface area contributed by atoms with Crippen LogP contribution < -0.4 is 10.1 Å². The molecule has 0 aromatic heterocycles. The zero-order chi connectivity index (χ0) is 12.3. The maximum Gasteiger partial charge on any atom is 0.172 e. The van der Waals surface area contributed by atoms with E-state index in [9.17, 15) is 5.11 Å². The molecule has 1 fully saturated rings. The Morgan fingerprint density at radius 3 is 2.94 bits per heavy atom. The average Bonchev–Trinajstić information content (AvgIpc) is 2.36. The highest BCUT2D eigenvalue weighted by atomic mass is 79.9. The molecule has 1 saturated heterocycles. The highest BCUT2D eigenvalue weighted by Gasteiger charge is 2.18. The lowest BCUT2D eigenvalue weighted by atomic mass is 9.97. The largest absolute Gasteiger partial charge is 0.503 e. The standard InChI is InChI=1S/C13H18BrNO2/c1-17-13-9(5-6-11(14)12(13)16)8-10-4-2-3-7-15-10/h5-6,10,15-16H,2-4,7-8H2,1H3. The second-order valence-electron chi connectivity index (χ2n) is 4.44. The van der Waals surface area contributed by atoms with Gasteiger partial charge in [-0.1, -0.05) is 12.5 Å². The molecular formula is C13H18BrNO2. The van der Waals surface area contributed by atoms with Crippen molar-refractivity contribution in [3.05, 3.63) is 22.2 Å². The van der Waals surface area contributed by atoms with Crippen molar-refractivity contribution in [1.29, 1.82) is 0 Å². The van der Waals surface area contributed by atoms with Gasteiger partial charge in [-0.05, 0) is 53.4 Å². The third-order valence-electron chi connectivity index (χ3n) is 3.25. The molecule has 1 unspecified atom stereocenters. The Morgan fingerprint density at radius 1 is 1.47 bits per heavy atom. The van der Waals surface area contributed by atoms with Crippen LogP contribution in [0.4, 0.5) is 0 Å². The zero-order valence-corrected chi connectivity index (χ0v) is 11.6. The van der Waals surface area contributed by atoms with Gasteiger partial charge < -0.3 is 15.2 Å². The summed E-state index contributed by atoms with van der Waals surface area (Å²) < 4.78 is 5.97. The van der Waals surface area contributed by atoms with Crippen molar-refractivity contribution in [2.45, 2.75) is 31.7 Å². The van der Waals surface area contributed by atoms with Crippen LogP contribution in [0.3, 0.4) is 0 Å². The van der Waals surface area contributed by atoms with E-state index in [0.717, 1.165) is 18.5 Å². The van der Waals surface area contributed by atoms with Gasteiger partial charge in [0, 0.05) is 6.04 Å². The highest BCUT2D eigenvalue weighted by Crippen LogP contribution is 2.37. The first kappa shape index (κ1) is 12.7. The van der Waals surface area contributed by atoms with Crippen molar-refractivity contribution < 1.29 is 9.84 Å². The van der Waals surface area contributed by atoms with Gasteiger partial charge in [0.1, 0.15) is 0 Å². The second-order valence-corrected chi connectivity index (χ2v) is 5.29. The van der Waals surface area contributed by atoms with Gasteiger partial charge in [-0.2, -0.15) is 0 Å². The summed E-state index contributed by atoms with van der Waals surface area (Å²) in [6, 6.07) is 4.38. The van der Waals surface area contributed by atoms with Crippen LogP contribution in [0.5, 0.6) is 11.5 Å². The molecule has 1 aliphatic rings. The molecule has 0 amide bonds. The molecule has 94 valence electrons. The van der Waals surface area contributed by atoms with E-state index in [4.69, 9.17) is 4.74 Å². The van der Waals surface area contributed by atoms with E-state index in [-0.39, 0.29) is 5.75 Å². The molecule has 0 radical (unpaired) electrons. The quantitative estimate of drug-likeness (QED) is 0.902. The molecule has 17 heavy (non-hydrogen) atoms. The number of nitrogens with one attached hydrogen (secondary N) is 1. The van der Waals surface area contributed by atoms with Crippen LogP contribution >= 0.6 is 15.9 Å². The molecule has 3 nitrogen and oxygen atoms in total. The number of piperidine rings is 1. The monoisotopic (exact) mass is 299 g/mol. The number of phenols is 1. The van der Waals surface area contributed by atoms with E-state index in [0.29, 0.717) is 16.3 Å². The van der Waals surface area contributed by atoms with Crippen molar-refractivity contribution in [3.63, 3.8) is 0 Å². The van der Waals surface area contributed by atoms with Gasteiger partial charge in [0.25, 0.3) is 0 Å². The number of methoxy groups -OCH3 is 1. The SMILES string of the molecule is COc1c(CC2CCCCN2)ccc(Br)c1O. The molecule has 1 atom stereocenters. The summed E-state index contributed by atoms with van der Waals surface area (Å²) in [6.07, 6.45) is 4.64. The molecule has 2 N–H and O–H groups in total. The number of phenolic OH excluding ortho intramolecular Hbond substituents is 1. The second kappa shape index (κ2) is 5.74. The van der Waals surface area contributed by atoms with Gasteiger partial charge in [-0.3, -0.25) is 0 Å². The summed E-state index contributed by atoms with van der Waals surface area (Å²) in [5.74, 6) is 0.785. The lowest BCUT2D eigenvalue weighted by molar-refractivity contribution is 0.357. The van der Waals surface area contributed by atoms with Crippen molar-refractivity contribution in [2.24, 2.45) is 0 Å². The number of aromatic hydroxyl groups is 1. The van der Waals surface area contributed by atoms with Crippen LogP contribution in [0.25, 0.3) is 0 Å². The molecule has 1 heterocycles. The lowest BCUT2D eigenvalue weighted by Gasteiger charge is -2.24. The minimum atomic E-state index is 0.195. The number of ether oxygens (including phenoxy) is 1. The first-order chi connectivity index (χ1) is 8.22. The number of benzene rings is 1. The summed E-state index contributed by atoms with van der Waals surface area (Å²) in [6.45, 7) is 1.09. The Balaban J connectivity index is 2.17. The first-order valence-electron chi connectivity index (χ1n) is 6.00. The van der Waals surface area contributed by atoms with Gasteiger partial charge in [0.2, 0.25) is 0 Å². The maximum atomic E-state index is 9.92. The number of rotatable bonds is 3. The fourth-order valence-corrected chi connectivity index (χ4v) is 2.65. The van der Waals surface area contributed by atoms with Crippen LogP contribution in [-0.4, -0.2) is 24.8 Å². The Bertz CT molecular complexity index is 389. The molecule has 4 heteroatoms. The Morgan fingerprint density at radius 2 is 2.29 bits per heavy atom. The fraction of sp³-hybridized carbons (Fsp3) is 0.538. The van der Waals surface area contributed by atoms with E-state index in [1.165, 1.54) is 19.3 Å². The smallest absolute Gasteiger partial charge is 0.172 e. The van der Waals surface area contributed by atoms with Gasteiger partial charge in [-0.25, -0.2) is 0 Å². The summed E-state index contributed by atoms with van der Waals surface area (Å²) in [5.41, 5.74) is 1.06. The van der Waals surface area contributed by atoms with Gasteiger partial charge in [0.05, 0.1) is 11.6 Å². The third-order valence-corrected chi connectivity index (χ3v) is 3.89. The average molecular weight is 300 g/mol. The molecule has 1 aromatic rings. The topological polar surface area (TPSA) is 41.5 Å². The third kappa shape index (κ3) is 2.93. The lowest BCUT2D eigenvalue weighted by Crippen LogP contribution is -2.35. The van der Waals surface area contributed by atoms with Crippen LogP contribution in [-0.2, 0) is 6.42 Å². The molecule has 2 rings (SSSR count). The molecule has 0 spiro atoms. The normalized spacial score (nSPS) is 20.2. The number of hydrogen-bond donors (Lipinski definition) is 2. The Kier molecular flexibility index (Phi) is 4.29. The van der Waals surface area contributed by atoms with Gasteiger partial charge >= 0.3 is 0 Å². The zero-order valence-electron chi connectivity index (χ0n) is 10.0. The molecule has 0 aliphatic carbocycles. The van der Waals surface area contributed by atoms with E-state index in [1.807, 2.05) is 12.1 Å². The summed E-state index contributed by atoms with van der Waals surface area (Å²) in [7, 11) is 1.60. The molecule has 0 bridgehead atoms. The number of halogens is 1. The van der Waals surface area contributed by atoms with Gasteiger partial charge in [-0.15, -0.1) is 0 Å². The fourth-order valence-electron chi connectivity index (χ4n) is 2.34. The van der Waals surface area contributed by atoms with E-state index in [2.05, 4.69) is 21.2 Å². The minimum Gasteiger partial charge on any atom is -0.503 e. The predicted molar refractivity (Wildman–Crippen MR) is 71.7 cm³/mol. The number of hydrogen-bond acceptors (Lipinski definition) is 3. The van der Waals surface area contributed by atoms with Crippen LogP contribution in [0.2, 0.25) is 0 Å². The van der Waals surface area contributed by atoms with Crippen molar-refractivity contribution in [1.82, 2.24) is 5.32 Å². The molecule has 1 aliphatic heterocycles. The summed E-state index contributed by atoms with van der Waals surface area (Å²) in [5, 5.41) is 13.4. The van der Waals surface area contributed by atoms with Crippen molar-refractivity contribution in [3.8, 4) is 11.5 Å². The van der Waals surface area contributed by atoms with Crippen molar-refractivity contribution in [2.75, 3.05) is 13.7 Å². The van der Waals surface area contributed by atoms with Crippen LogP contribution in [0.15, 0.2) is 16.6 Å². The highest BCUT2D eigenvalue weighted by molar-refractivity contribution is 9.10. The van der Waals surface area contributed by atoms with E-state index in [1.54, 1.807) is 7.11 Å². The molecular weight excluding hydrogens is 282 g/mol. The van der Waals surface area contributed by atoms with E-state index < -0.39 is 0 Å². The predicted octanol–water partition coefficient (Wildman–Crippen LogP) is 2.85. The van der Waals surface area contributed by atoms with Gasteiger partial charge in [0.15, 0.2) is 11.5 Å². The van der Waals surface area contributed by atoms with Crippen LogP contribution in [0.1, 0.15) is 24.8 Å². The maximum absolute atomic E-state index is 9.92. The summed E-state index contributed by atoms with van der Waals surface area (Å²) in [4.78, 5) is 0. The van der Waals surface area contributed by atoms with E-state index >= 15 is 0 Å².